The van der Waals surface area contributed by atoms with Crippen molar-refractivity contribution in [2.75, 3.05) is 18.5 Å². The van der Waals surface area contributed by atoms with E-state index in [1.54, 1.807) is 31.3 Å². The smallest absolute Gasteiger partial charge is 0.338 e. The van der Waals surface area contributed by atoms with Gasteiger partial charge in [-0.15, -0.1) is 5.10 Å². The third-order valence-electron chi connectivity index (χ3n) is 16.8. The molecule has 2 saturated carbocycles. The molecule has 4 fully saturated rings. The molecule has 0 spiro atoms. The number of unbranched alkanes of at least 4 members (excludes halogenated alkanes) is 1. The van der Waals surface area contributed by atoms with Gasteiger partial charge in [-0.1, -0.05) is 62.4 Å². The van der Waals surface area contributed by atoms with Crippen molar-refractivity contribution < 1.29 is 117 Å². The van der Waals surface area contributed by atoms with E-state index < -0.39 is 178 Å². The molecule has 2 aliphatic carbocycles. The predicted octanol–water partition coefficient (Wildman–Crippen LogP) is 2.18. The maximum Gasteiger partial charge on any atom is 0.338 e. The molecule has 8 rings (SSSR count). The summed E-state index contributed by atoms with van der Waals surface area (Å²) >= 11 is 0. The number of benzene rings is 3. The number of nitrogens with zero attached hydrogens (tertiary/aromatic N) is 3. The molecule has 2 saturated heterocycles. The van der Waals surface area contributed by atoms with Crippen LogP contribution in [0.15, 0.2) is 75.5 Å². The number of hydrogen-bond acceptors (Lipinski definition) is 23. The maximum atomic E-state index is 14.3. The molecule has 0 radical (unpaired) electrons. The van der Waals surface area contributed by atoms with Crippen LogP contribution < -0.4 is 10.6 Å². The Labute approximate surface area is 518 Å². The largest absolute Gasteiger partial charge is 0.479 e. The van der Waals surface area contributed by atoms with E-state index in [0.717, 1.165) is 32.1 Å². The van der Waals surface area contributed by atoms with Crippen molar-refractivity contribution in [1.29, 1.82) is 0 Å². The van der Waals surface area contributed by atoms with Crippen LogP contribution in [0.3, 0.4) is 0 Å². The average molecular weight is 1330 g/mol. The van der Waals surface area contributed by atoms with Crippen LogP contribution in [0.1, 0.15) is 113 Å². The summed E-state index contributed by atoms with van der Waals surface area (Å²) in [5.41, 5.74) is 0.118. The van der Waals surface area contributed by atoms with Gasteiger partial charge in [0.1, 0.15) is 41.5 Å². The molecule has 3 aromatic carbocycles. The van der Waals surface area contributed by atoms with Crippen molar-refractivity contribution in [3.8, 4) is 0 Å². The summed E-state index contributed by atoms with van der Waals surface area (Å²) < 4.78 is 141. The number of aliphatic carboxylic acids is 1. The fourth-order valence-corrected chi connectivity index (χ4v) is 14.1. The van der Waals surface area contributed by atoms with Crippen LogP contribution in [0.4, 0.5) is 5.69 Å². The van der Waals surface area contributed by atoms with Gasteiger partial charge in [0, 0.05) is 37.0 Å². The monoisotopic (exact) mass is 1330 g/mol. The van der Waals surface area contributed by atoms with Gasteiger partial charge < -0.3 is 69.7 Å². The Balaban J connectivity index is 0.917. The summed E-state index contributed by atoms with van der Waals surface area (Å²) in [6.07, 6.45) is -12.0. The highest BCUT2D eigenvalue weighted by Crippen LogP contribution is 2.42. The lowest BCUT2D eigenvalue weighted by molar-refractivity contribution is -0.350. The Morgan fingerprint density at radius 2 is 1.46 bits per heavy atom. The lowest BCUT2D eigenvalue weighted by Gasteiger charge is -2.49. The third kappa shape index (κ3) is 17.5. The first-order valence-corrected chi connectivity index (χ1v) is 34.0. The minimum Gasteiger partial charge on any atom is -0.479 e. The maximum absolute atomic E-state index is 14.3. The number of anilines is 1. The molecule has 33 heteroatoms. The highest BCUT2D eigenvalue weighted by molar-refractivity contribution is 7.87. The van der Waals surface area contributed by atoms with E-state index in [9.17, 15) is 88.7 Å². The number of carbonyl (C=O) groups is 4. The minimum atomic E-state index is -5.26. The van der Waals surface area contributed by atoms with Gasteiger partial charge in [-0.25, -0.2) is 9.59 Å². The van der Waals surface area contributed by atoms with E-state index in [1.165, 1.54) is 23.7 Å². The first kappa shape index (κ1) is 70.1. The normalized spacial score (nSPS) is 28.2. The molecular formula is C57H77N5O25S3. The fraction of sp³-hybridized carbons (Fsp3) is 0.614. The van der Waals surface area contributed by atoms with Crippen LogP contribution in [-0.2, 0) is 86.1 Å². The Bertz CT molecular complexity index is 3500. The highest BCUT2D eigenvalue weighted by atomic mass is 32.2. The van der Waals surface area contributed by atoms with E-state index in [2.05, 4.69) is 20.9 Å². The first-order valence-electron chi connectivity index (χ1n) is 29.7. The molecule has 4 aliphatic rings. The van der Waals surface area contributed by atoms with Crippen LogP contribution in [0.5, 0.6) is 0 Å². The van der Waals surface area contributed by atoms with Crippen LogP contribution in [-0.4, -0.2) is 201 Å². The number of aliphatic hydroxyl groups is 5. The van der Waals surface area contributed by atoms with E-state index in [1.807, 2.05) is 0 Å². The fourth-order valence-electron chi connectivity index (χ4n) is 12.2. The van der Waals surface area contributed by atoms with Gasteiger partial charge in [0.25, 0.3) is 30.4 Å². The number of carbonyl (C=O) groups excluding carboxylic acids is 3. The number of aromatic nitrogens is 3. The first-order chi connectivity index (χ1) is 42.6. The number of hydrogen-bond donors (Lipinski definition) is 11. The van der Waals surface area contributed by atoms with Gasteiger partial charge in [0.15, 0.2) is 24.8 Å². The van der Waals surface area contributed by atoms with E-state index >= 15 is 0 Å². The van der Waals surface area contributed by atoms with Gasteiger partial charge in [0.05, 0.1) is 51.7 Å². The average Bonchev–Trinajstić information content (AvgIpc) is 0.846. The molecule has 11 N–H and O–H groups in total. The second kappa shape index (κ2) is 30.4. The molecule has 2 amide bonds. The van der Waals surface area contributed by atoms with E-state index in [0.29, 0.717) is 49.2 Å². The molecule has 2 aliphatic heterocycles. The summed E-state index contributed by atoms with van der Waals surface area (Å²) in [6.45, 7) is 2.87. The Morgan fingerprint density at radius 1 is 0.767 bits per heavy atom. The second-order valence-corrected chi connectivity index (χ2v) is 27.4. The molecule has 4 aromatic rings. The number of carboxylic acids is 1. The zero-order valence-corrected chi connectivity index (χ0v) is 51.6. The second-order valence-electron chi connectivity index (χ2n) is 23.1. The zero-order valence-electron chi connectivity index (χ0n) is 49.2. The van der Waals surface area contributed by atoms with Gasteiger partial charge in [-0.3, -0.25) is 27.9 Å². The standard InChI is InChI=1S/C57H77N5O25S3/c1-3-37-38(53(69)58-21-12-17-34-28-62(61-60-34)22-11-10-18-44(64)59-39-26-35(88(73,74)75)24-33-25-36(89(76,77)78)27-43(45(33)39)90(79,80)81)19-20-40(50(37)87-56-49(68)48(67)46(65)30(2)82-56)84-57-52(86-55(72)32-15-8-5-9-16-32)51(47(66)42(29-63)85-57)83-41(54(70)71)23-31-13-6-4-7-14-31/h5,8-9,15-16,24-28,30-31,37-38,40-42,46-52,56-57,63,65-68H,3-4,6-7,10-14,17-23,29H2,1-2H3,(H,58,69)(H,59,64)(H,70,71)(H,73,74,75)(H,76,77,78)(H,79,80,81)/t30-,37-,38?,40+,41-,42+,46+,47-,48+,49-,50+,51-,52+,56-,57+/m0/s1. The van der Waals surface area contributed by atoms with Gasteiger partial charge >= 0.3 is 11.9 Å². The van der Waals surface area contributed by atoms with Crippen molar-refractivity contribution in [2.45, 2.75) is 205 Å². The highest BCUT2D eigenvalue weighted by Gasteiger charge is 2.54. The van der Waals surface area contributed by atoms with Crippen molar-refractivity contribution in [3.63, 3.8) is 0 Å². The molecule has 90 heavy (non-hydrogen) atoms. The summed E-state index contributed by atoms with van der Waals surface area (Å²) in [6, 6.07) is 10.3. The molecule has 0 bridgehead atoms. The number of esters is 1. The van der Waals surface area contributed by atoms with Crippen LogP contribution in [0.2, 0.25) is 0 Å². The number of fused-ring (bicyclic) bond motifs is 1. The lowest BCUT2D eigenvalue weighted by atomic mass is 9.73. The molecule has 15 atom stereocenters. The predicted molar refractivity (Wildman–Crippen MR) is 311 cm³/mol. The number of nitrogens with one attached hydrogen (secondary N) is 2. The summed E-state index contributed by atoms with van der Waals surface area (Å²) in [5, 5.41) is 78.1. The van der Waals surface area contributed by atoms with Gasteiger partial charge in [-0.05, 0) is 112 Å². The SMILES string of the molecule is CC[C@H]1C(C(=O)NCCCc2cn(CCCCC(=O)Nc3cc(S(=O)(=O)O)cc4cc(S(=O)(=O)O)cc(S(=O)(=O)O)c34)nn2)CC[C@@H](O[C@@H]2O[C@H](CO)[C@H](O)[C@H](O[C@@H](CC3CCCCC3)C(=O)O)[C@H]2OC(=O)c2ccccc2)[C@@H]1O[C@@H]1O[C@@H](C)[C@@H](O)[C@@H](O)[C@@H]1O. The van der Waals surface area contributed by atoms with Crippen molar-refractivity contribution in [1.82, 2.24) is 20.3 Å². The number of carboxylic acid groups (broad SMARTS) is 1. The number of amides is 2. The Morgan fingerprint density at radius 3 is 2.10 bits per heavy atom. The van der Waals surface area contributed by atoms with Crippen molar-refractivity contribution >= 4 is 70.6 Å². The summed E-state index contributed by atoms with van der Waals surface area (Å²) in [4.78, 5) is 51.2. The minimum absolute atomic E-state index is 0.00521. The van der Waals surface area contributed by atoms with Gasteiger partial charge in [-0.2, -0.15) is 25.3 Å². The molecule has 30 nitrogen and oxygen atoms in total. The van der Waals surface area contributed by atoms with Crippen molar-refractivity contribution in [3.05, 3.63) is 72.1 Å². The number of aryl methyl sites for hydroxylation is 2. The molecule has 3 heterocycles. The zero-order chi connectivity index (χ0) is 65.4. The van der Waals surface area contributed by atoms with Crippen molar-refractivity contribution in [2.24, 2.45) is 17.8 Å². The number of rotatable bonds is 27. The number of ether oxygens (including phenoxy) is 6. The Hall–Kier alpha value is -5.73. The Kier molecular flexibility index (Phi) is 23.7. The summed E-state index contributed by atoms with van der Waals surface area (Å²) in [7, 11) is -15.4. The van der Waals surface area contributed by atoms with Crippen LogP contribution >= 0.6 is 0 Å². The van der Waals surface area contributed by atoms with Crippen LogP contribution in [0.25, 0.3) is 10.8 Å². The molecular weight excluding hydrogens is 1250 g/mol. The third-order valence-corrected chi connectivity index (χ3v) is 19.4. The van der Waals surface area contributed by atoms with Gasteiger partial charge in [0.2, 0.25) is 11.8 Å². The lowest BCUT2D eigenvalue weighted by Crippen LogP contribution is -2.64. The number of aliphatic hydroxyl groups excluding tert-OH is 5. The topological polar surface area (TPSA) is 463 Å². The molecule has 1 unspecified atom stereocenters. The quantitative estimate of drug-likeness (QED) is 0.0231. The molecule has 498 valence electrons. The van der Waals surface area contributed by atoms with Crippen LogP contribution in [0, 0.1) is 17.8 Å². The molecule has 1 aromatic heterocycles. The summed E-state index contributed by atoms with van der Waals surface area (Å²) in [5.74, 6) is -4.87. The van der Waals surface area contributed by atoms with E-state index in [4.69, 9.17) is 28.4 Å². The van der Waals surface area contributed by atoms with E-state index in [-0.39, 0.29) is 69.0 Å².